The van der Waals surface area contributed by atoms with Crippen LogP contribution in [0.5, 0.6) is 11.5 Å². The van der Waals surface area contributed by atoms with Crippen LogP contribution in [-0.4, -0.2) is 66.8 Å². The lowest BCUT2D eigenvalue weighted by atomic mass is 9.80. The molecule has 1 aliphatic heterocycles. The second kappa shape index (κ2) is 16.0. The fourth-order valence-corrected chi connectivity index (χ4v) is 8.26. The summed E-state index contributed by atoms with van der Waals surface area (Å²) in [5.74, 6) is 1.53. The zero-order chi connectivity index (χ0) is 39.5. The normalized spacial score (nSPS) is 17.5. The zero-order valence-corrected chi connectivity index (χ0v) is 33.9. The average molecular weight is 772 g/mol. The van der Waals surface area contributed by atoms with Gasteiger partial charge in [0.1, 0.15) is 35.8 Å². The van der Waals surface area contributed by atoms with E-state index in [0.29, 0.717) is 29.0 Å². The van der Waals surface area contributed by atoms with E-state index in [1.165, 1.54) is 6.33 Å². The molecule has 2 aromatic heterocycles. The monoisotopic (exact) mass is 771 g/mol. The highest BCUT2D eigenvalue weighted by molar-refractivity contribution is 6.74. The molecule has 12 heteroatoms. The van der Waals surface area contributed by atoms with Gasteiger partial charge in [-0.2, -0.15) is 0 Å². The van der Waals surface area contributed by atoms with E-state index in [2.05, 4.69) is 66.3 Å². The lowest BCUT2D eigenvalue weighted by Crippen LogP contribution is -2.47. The minimum Gasteiger partial charge on any atom is -0.497 e. The molecule has 0 radical (unpaired) electrons. The Labute approximate surface area is 329 Å². The Kier molecular flexibility index (Phi) is 11.1. The quantitative estimate of drug-likeness (QED) is 0.0908. The van der Waals surface area contributed by atoms with E-state index in [1.54, 1.807) is 32.7 Å². The van der Waals surface area contributed by atoms with Crippen molar-refractivity contribution >= 4 is 31.2 Å². The van der Waals surface area contributed by atoms with Gasteiger partial charge in [-0.25, -0.2) is 15.0 Å². The smallest absolute Gasteiger partial charge is 0.256 e. The van der Waals surface area contributed by atoms with Crippen molar-refractivity contribution in [1.29, 1.82) is 0 Å². The maximum absolute atomic E-state index is 13.1. The number of nitrogens with zero attached hydrogens (tertiary/aromatic N) is 4. The van der Waals surface area contributed by atoms with Crippen LogP contribution in [0.25, 0.3) is 11.2 Å². The minimum absolute atomic E-state index is 0.0444. The van der Waals surface area contributed by atoms with Crippen LogP contribution in [-0.2, 0) is 19.5 Å². The first kappa shape index (κ1) is 38.9. The van der Waals surface area contributed by atoms with Gasteiger partial charge in [0.25, 0.3) is 5.91 Å². The van der Waals surface area contributed by atoms with Gasteiger partial charge in [0.05, 0.1) is 33.3 Å². The molecule has 4 aromatic carbocycles. The van der Waals surface area contributed by atoms with E-state index in [-0.39, 0.29) is 23.7 Å². The predicted octanol–water partition coefficient (Wildman–Crippen LogP) is 8.78. The fraction of sp³-hybridized carbons (Fsp3) is 0.318. The van der Waals surface area contributed by atoms with E-state index >= 15 is 0 Å². The molecule has 0 saturated carbocycles. The summed E-state index contributed by atoms with van der Waals surface area (Å²) >= 11 is 0. The van der Waals surface area contributed by atoms with E-state index in [4.69, 9.17) is 23.4 Å². The van der Waals surface area contributed by atoms with Crippen LogP contribution in [0.3, 0.4) is 0 Å². The standard InChI is InChI=1S/C44H49N5O6Si/c1-43(2,3)56(6,7)55-36-26-38(49-29-47-39-40(45-28-46-41(39)49)48-42(50)30-14-10-8-11-15-30)54-37(36)27-53-44(31-16-12-9-13-17-31,32-18-22-34(51-4)23-19-32)33-20-24-35(52-5)25-21-33/h8-25,28-29,36-38H,26-27H2,1-7H3,(H,45,46,48,50)/t36-,37+,38+/m0/s1. The van der Waals surface area contributed by atoms with Crippen molar-refractivity contribution in [3.05, 3.63) is 144 Å². The summed E-state index contributed by atoms with van der Waals surface area (Å²) in [6.07, 6.45) is 2.40. The van der Waals surface area contributed by atoms with Crippen molar-refractivity contribution < 1.29 is 28.2 Å². The van der Waals surface area contributed by atoms with E-state index in [9.17, 15) is 4.79 Å². The van der Waals surface area contributed by atoms with Crippen molar-refractivity contribution in [3.63, 3.8) is 0 Å². The molecule has 290 valence electrons. The lowest BCUT2D eigenvalue weighted by molar-refractivity contribution is -0.0914. The van der Waals surface area contributed by atoms with Gasteiger partial charge in [0.15, 0.2) is 25.3 Å². The number of nitrogens with one attached hydrogen (secondary N) is 1. The van der Waals surface area contributed by atoms with Crippen LogP contribution in [0.1, 0.15) is 60.5 Å². The first-order valence-corrected chi connectivity index (χ1v) is 21.7. The number of hydrogen-bond donors (Lipinski definition) is 1. The Morgan fingerprint density at radius 3 is 1.95 bits per heavy atom. The zero-order valence-electron chi connectivity index (χ0n) is 32.9. The molecule has 0 aliphatic carbocycles. The molecular weight excluding hydrogens is 723 g/mol. The summed E-state index contributed by atoms with van der Waals surface area (Å²) in [7, 11) is 1.03. The Bertz CT molecular complexity index is 2200. The number of rotatable bonds is 13. The number of amides is 1. The van der Waals surface area contributed by atoms with Crippen molar-refractivity contribution in [3.8, 4) is 11.5 Å². The summed E-state index contributed by atoms with van der Waals surface area (Å²) in [6, 6.07) is 35.2. The summed E-state index contributed by atoms with van der Waals surface area (Å²) in [6.45, 7) is 11.4. The Morgan fingerprint density at radius 2 is 1.38 bits per heavy atom. The number of ether oxygens (including phenoxy) is 4. The highest BCUT2D eigenvalue weighted by Crippen LogP contribution is 2.45. The third kappa shape index (κ3) is 7.70. The highest BCUT2D eigenvalue weighted by Gasteiger charge is 2.47. The van der Waals surface area contributed by atoms with Gasteiger partial charge in [0, 0.05) is 12.0 Å². The second-order valence-electron chi connectivity index (χ2n) is 15.5. The van der Waals surface area contributed by atoms with Crippen molar-refractivity contribution in [2.45, 2.75) is 69.4 Å². The molecule has 3 heterocycles. The van der Waals surface area contributed by atoms with Crippen LogP contribution in [0.2, 0.25) is 18.1 Å². The molecule has 1 fully saturated rings. The maximum atomic E-state index is 13.1. The van der Waals surface area contributed by atoms with Crippen LogP contribution in [0.4, 0.5) is 5.82 Å². The first-order chi connectivity index (χ1) is 26.9. The minimum atomic E-state index is -2.29. The predicted molar refractivity (Wildman–Crippen MR) is 219 cm³/mol. The second-order valence-corrected chi connectivity index (χ2v) is 20.2. The highest BCUT2D eigenvalue weighted by atomic mass is 28.4. The maximum Gasteiger partial charge on any atom is 0.256 e. The number of hydrogen-bond acceptors (Lipinski definition) is 9. The molecule has 0 spiro atoms. The Hall–Kier alpha value is -5.40. The molecule has 3 atom stereocenters. The van der Waals surface area contributed by atoms with Gasteiger partial charge in [-0.05, 0) is 71.2 Å². The van der Waals surface area contributed by atoms with Gasteiger partial charge in [-0.1, -0.05) is 93.6 Å². The molecule has 11 nitrogen and oxygen atoms in total. The first-order valence-electron chi connectivity index (χ1n) is 18.8. The van der Waals surface area contributed by atoms with E-state index in [1.807, 2.05) is 89.5 Å². The van der Waals surface area contributed by atoms with Gasteiger partial charge in [-0.3, -0.25) is 9.36 Å². The number of aromatic nitrogens is 4. The van der Waals surface area contributed by atoms with E-state index < -0.39 is 26.3 Å². The molecule has 56 heavy (non-hydrogen) atoms. The molecule has 1 N–H and O–H groups in total. The van der Waals surface area contributed by atoms with Gasteiger partial charge in [0.2, 0.25) is 0 Å². The average Bonchev–Trinajstić information content (AvgIpc) is 3.83. The lowest BCUT2D eigenvalue weighted by Gasteiger charge is -2.40. The Balaban J connectivity index is 1.26. The van der Waals surface area contributed by atoms with Crippen molar-refractivity contribution in [2.75, 3.05) is 26.1 Å². The van der Waals surface area contributed by atoms with Gasteiger partial charge in [-0.15, -0.1) is 0 Å². The van der Waals surface area contributed by atoms with Crippen LogP contribution < -0.4 is 14.8 Å². The Morgan fingerprint density at radius 1 is 0.804 bits per heavy atom. The number of methoxy groups -OCH3 is 2. The van der Waals surface area contributed by atoms with Crippen molar-refractivity contribution in [2.24, 2.45) is 0 Å². The van der Waals surface area contributed by atoms with Gasteiger partial charge >= 0.3 is 0 Å². The third-order valence-corrected chi connectivity index (χ3v) is 15.5. The summed E-state index contributed by atoms with van der Waals surface area (Å²) in [5, 5.41) is 2.86. The number of benzene rings is 4. The number of fused-ring (bicyclic) bond motifs is 1. The van der Waals surface area contributed by atoms with E-state index in [0.717, 1.165) is 28.2 Å². The molecule has 1 aliphatic rings. The SMILES string of the molecule is COc1ccc(C(OC[C@H]2O[C@@H](n3cnc4c(NC(=O)c5ccccc5)ncnc43)C[C@@H]2O[Si](C)(C)C(C)(C)C)(c2ccccc2)c2ccc(OC)cc2)cc1. The van der Waals surface area contributed by atoms with Crippen LogP contribution in [0.15, 0.2) is 122 Å². The summed E-state index contributed by atoms with van der Waals surface area (Å²) in [4.78, 5) is 26.7. The molecule has 7 rings (SSSR count). The van der Waals surface area contributed by atoms with Crippen LogP contribution in [0, 0.1) is 0 Å². The third-order valence-electron chi connectivity index (χ3n) is 11.0. The fourth-order valence-electron chi connectivity index (χ4n) is 6.91. The number of anilines is 1. The van der Waals surface area contributed by atoms with Gasteiger partial charge < -0.3 is 28.7 Å². The number of carbonyl (C=O) groups excluding carboxylic acids is 1. The molecule has 6 aromatic rings. The molecular formula is C44H49N5O6Si. The number of carbonyl (C=O) groups is 1. The molecule has 0 unspecified atom stereocenters. The largest absolute Gasteiger partial charge is 0.497 e. The molecule has 1 saturated heterocycles. The van der Waals surface area contributed by atoms with Crippen molar-refractivity contribution in [1.82, 2.24) is 19.5 Å². The molecule has 1 amide bonds. The number of imidazole rings is 1. The molecule has 0 bridgehead atoms. The summed E-state index contributed by atoms with van der Waals surface area (Å²) in [5.41, 5.74) is 3.28. The topological polar surface area (TPSA) is 119 Å². The summed E-state index contributed by atoms with van der Waals surface area (Å²) < 4.78 is 34.5. The van der Waals surface area contributed by atoms with Crippen LogP contribution >= 0.6 is 0 Å².